The zero-order valence-electron chi connectivity index (χ0n) is 3.70. The van der Waals surface area contributed by atoms with Gasteiger partial charge in [-0.25, -0.2) is 0 Å². The van der Waals surface area contributed by atoms with Crippen LogP contribution < -0.4 is 0 Å². The largest absolute Gasteiger partial charge is 0.668 e. The van der Waals surface area contributed by atoms with Gasteiger partial charge in [-0.1, -0.05) is 0 Å². The second kappa shape index (κ2) is 4.55. The van der Waals surface area contributed by atoms with E-state index in [0.29, 0.717) is 0 Å². The standard InChI is InChI=1S/2Be.H4O4Si/c;;1-5(2,3)4/h;;1-4H. The van der Waals surface area contributed by atoms with Gasteiger partial charge in [0.15, 0.2) is 0 Å². The molecular formula is H4Be2O4Si. The predicted molar refractivity (Wildman–Crippen MR) is 26.1 cm³/mol. The van der Waals surface area contributed by atoms with Crippen LogP contribution in [0.15, 0.2) is 0 Å². The van der Waals surface area contributed by atoms with E-state index in [1.165, 1.54) is 0 Å². The third kappa shape index (κ3) is 793. The Morgan fingerprint density at radius 2 is 0.714 bits per heavy atom. The third-order valence-electron chi connectivity index (χ3n) is 0. The summed E-state index contributed by atoms with van der Waals surface area (Å²) in [5.74, 6) is 0. The van der Waals surface area contributed by atoms with Crippen LogP contribution in [0, 0.1) is 0 Å². The first-order valence-corrected chi connectivity index (χ1v) is 2.68. The van der Waals surface area contributed by atoms with Crippen molar-refractivity contribution in [1.82, 2.24) is 0 Å². The van der Waals surface area contributed by atoms with E-state index in [2.05, 4.69) is 0 Å². The fourth-order valence-electron chi connectivity index (χ4n) is 0. The van der Waals surface area contributed by atoms with Gasteiger partial charge < -0.3 is 19.2 Å². The summed E-state index contributed by atoms with van der Waals surface area (Å²) in [5, 5.41) is 0. The number of rotatable bonds is 0. The van der Waals surface area contributed by atoms with Gasteiger partial charge in [-0.15, -0.1) is 0 Å². The van der Waals surface area contributed by atoms with E-state index in [1.54, 1.807) is 0 Å². The first-order chi connectivity index (χ1) is 2.00. The first kappa shape index (κ1) is 15.7. The van der Waals surface area contributed by atoms with E-state index < -0.39 is 9.05 Å². The summed E-state index contributed by atoms with van der Waals surface area (Å²) in [4.78, 5) is 29.3. The summed E-state index contributed by atoms with van der Waals surface area (Å²) in [7, 11) is -4.61. The van der Waals surface area contributed by atoms with Crippen LogP contribution >= 0.6 is 0 Å². The van der Waals surface area contributed by atoms with Gasteiger partial charge in [-0.3, -0.25) is 0 Å². The Morgan fingerprint density at radius 3 is 0.714 bits per heavy atom. The maximum atomic E-state index is 7.33. The Morgan fingerprint density at radius 1 is 0.714 bits per heavy atom. The minimum Gasteiger partial charge on any atom is -0.368 e. The molecule has 0 amide bonds. The van der Waals surface area contributed by atoms with Gasteiger partial charge in [-0.2, -0.15) is 0 Å². The van der Waals surface area contributed by atoms with Crippen LogP contribution in [0.2, 0.25) is 0 Å². The molecule has 0 rings (SSSR count). The first-order valence-electron chi connectivity index (χ1n) is 0.894. The molecule has 0 bridgehead atoms. The molecule has 0 aliphatic heterocycles. The van der Waals surface area contributed by atoms with Gasteiger partial charge in [0.05, 0.1) is 0 Å². The molecular weight excluding hydrogens is 110 g/mol. The average Bonchev–Trinajstić information content (AvgIpc) is 0.722. The SMILES string of the molecule is O[Si](O)(O)O.[Be].[Be]. The molecule has 7 heteroatoms. The van der Waals surface area contributed by atoms with E-state index in [4.69, 9.17) is 19.2 Å². The van der Waals surface area contributed by atoms with E-state index in [-0.39, 0.29) is 20.2 Å². The van der Waals surface area contributed by atoms with Crippen molar-refractivity contribution in [3.05, 3.63) is 0 Å². The summed E-state index contributed by atoms with van der Waals surface area (Å²) in [6.07, 6.45) is 0. The molecule has 0 saturated heterocycles. The van der Waals surface area contributed by atoms with Crippen molar-refractivity contribution < 1.29 is 19.2 Å². The molecule has 4 radical (unpaired) electrons. The van der Waals surface area contributed by atoms with Crippen LogP contribution in [0.5, 0.6) is 0 Å². The summed E-state index contributed by atoms with van der Waals surface area (Å²) in [6, 6.07) is 0. The van der Waals surface area contributed by atoms with Crippen molar-refractivity contribution >= 4 is 29.3 Å². The molecule has 7 heavy (non-hydrogen) atoms. The van der Waals surface area contributed by atoms with Crippen molar-refractivity contribution in [2.24, 2.45) is 0 Å². The fraction of sp³-hybridized carbons (Fsp3) is 0. The van der Waals surface area contributed by atoms with Crippen LogP contribution in [0.1, 0.15) is 0 Å². The van der Waals surface area contributed by atoms with Crippen molar-refractivity contribution in [2.75, 3.05) is 0 Å². The second-order valence-corrected chi connectivity index (χ2v) is 1.80. The smallest absolute Gasteiger partial charge is 0.368 e. The molecule has 0 aromatic heterocycles. The summed E-state index contributed by atoms with van der Waals surface area (Å²) >= 11 is 0. The van der Waals surface area contributed by atoms with Crippen molar-refractivity contribution in [1.29, 1.82) is 0 Å². The quantitative estimate of drug-likeness (QED) is 0.248. The maximum Gasteiger partial charge on any atom is 0.668 e. The van der Waals surface area contributed by atoms with Crippen LogP contribution in [0.3, 0.4) is 0 Å². The van der Waals surface area contributed by atoms with E-state index in [1.807, 2.05) is 0 Å². The van der Waals surface area contributed by atoms with Crippen LogP contribution in [0.25, 0.3) is 0 Å². The number of hydrogen-bond acceptors (Lipinski definition) is 4. The molecule has 0 saturated carbocycles. The van der Waals surface area contributed by atoms with Crippen LogP contribution in [0.4, 0.5) is 0 Å². The Hall–Kier alpha value is 0.395. The molecule has 0 heterocycles. The Balaban J connectivity index is -0.0000000800. The molecule has 0 atom stereocenters. The van der Waals surface area contributed by atoms with Crippen molar-refractivity contribution in [3.63, 3.8) is 0 Å². The molecule has 0 aliphatic carbocycles. The van der Waals surface area contributed by atoms with Crippen molar-refractivity contribution in [3.8, 4) is 0 Å². The molecule has 0 spiro atoms. The van der Waals surface area contributed by atoms with Crippen molar-refractivity contribution in [2.45, 2.75) is 0 Å². The molecule has 0 aromatic carbocycles. The van der Waals surface area contributed by atoms with Crippen LogP contribution in [-0.2, 0) is 0 Å². The predicted octanol–water partition coefficient (Wildman–Crippen LogP) is -3.37. The number of hydrogen-bond donors (Lipinski definition) is 4. The molecule has 0 aliphatic rings. The van der Waals surface area contributed by atoms with E-state index >= 15 is 0 Å². The molecule has 0 unspecified atom stereocenters. The Bertz CT molecular complexity index is 25.2. The minimum atomic E-state index is -4.61. The molecule has 4 N–H and O–H groups in total. The van der Waals surface area contributed by atoms with Gasteiger partial charge in [0.2, 0.25) is 0 Å². The third-order valence-corrected chi connectivity index (χ3v) is 0. The molecule has 36 valence electrons. The zero-order valence-corrected chi connectivity index (χ0v) is 4.70. The minimum absolute atomic E-state index is 0. The molecule has 0 fully saturated rings. The summed E-state index contributed by atoms with van der Waals surface area (Å²) in [5.41, 5.74) is 0. The normalized spacial score (nSPS) is 8.57. The topological polar surface area (TPSA) is 80.9 Å². The Kier molecular flexibility index (Phi) is 10.2. The maximum absolute atomic E-state index is 7.33. The van der Waals surface area contributed by atoms with Gasteiger partial charge >= 0.3 is 9.05 Å². The van der Waals surface area contributed by atoms with E-state index in [9.17, 15) is 0 Å². The molecule has 4 nitrogen and oxygen atoms in total. The van der Waals surface area contributed by atoms with Gasteiger partial charge in [0.1, 0.15) is 0 Å². The van der Waals surface area contributed by atoms with Gasteiger partial charge in [-0.05, 0) is 0 Å². The van der Waals surface area contributed by atoms with Crippen LogP contribution in [-0.4, -0.2) is 48.5 Å². The molecule has 0 aromatic rings. The fourth-order valence-corrected chi connectivity index (χ4v) is 0. The van der Waals surface area contributed by atoms with E-state index in [0.717, 1.165) is 0 Å². The summed E-state index contributed by atoms with van der Waals surface area (Å²) in [6.45, 7) is 0. The average molecular weight is 114 g/mol. The van der Waals surface area contributed by atoms with Gasteiger partial charge in [0.25, 0.3) is 0 Å². The second-order valence-electron chi connectivity index (χ2n) is 0.600. The monoisotopic (exact) mass is 114 g/mol. The van der Waals surface area contributed by atoms with Gasteiger partial charge in [0, 0.05) is 20.2 Å². The Labute approximate surface area is 49.4 Å². The summed E-state index contributed by atoms with van der Waals surface area (Å²) < 4.78 is 0. The zero-order chi connectivity index (χ0) is 4.50.